The van der Waals surface area contributed by atoms with Crippen LogP contribution in [-0.4, -0.2) is 38.5 Å². The topological polar surface area (TPSA) is 91.0 Å². The first kappa shape index (κ1) is 15.6. The van der Waals surface area contributed by atoms with E-state index in [0.717, 1.165) is 12.3 Å². The molecule has 0 radical (unpaired) electrons. The molecule has 0 aliphatic rings. The van der Waals surface area contributed by atoms with Crippen LogP contribution in [-0.2, 0) is 11.3 Å². The molecular formula is C12H13F2N5O3. The molecule has 2 aromatic rings. The van der Waals surface area contributed by atoms with Crippen LogP contribution in [0.25, 0.3) is 0 Å². The van der Waals surface area contributed by atoms with Crippen molar-refractivity contribution in [2.24, 2.45) is 0 Å². The molecule has 0 aromatic carbocycles. The third kappa shape index (κ3) is 3.10. The van der Waals surface area contributed by atoms with E-state index in [2.05, 4.69) is 20.3 Å². The number of carbonyl (C=O) groups is 2. The number of nitrogens with one attached hydrogen (secondary N) is 1. The molecule has 2 heterocycles. The fraction of sp³-hybridized carbons (Fsp3) is 0.333. The minimum absolute atomic E-state index is 0.0778. The number of aryl methyl sites for hydroxylation is 1. The average Bonchev–Trinajstić information content (AvgIpc) is 3.13. The van der Waals surface area contributed by atoms with E-state index in [4.69, 9.17) is 0 Å². The number of anilines is 1. The Morgan fingerprint density at radius 2 is 2.14 bits per heavy atom. The number of rotatable bonds is 5. The van der Waals surface area contributed by atoms with Gasteiger partial charge in [-0.15, -0.1) is 0 Å². The minimum Gasteiger partial charge on any atom is -0.464 e. The zero-order chi connectivity index (χ0) is 16.3. The van der Waals surface area contributed by atoms with Gasteiger partial charge in [-0.25, -0.2) is 9.48 Å². The molecule has 2 aromatic heterocycles. The lowest BCUT2D eigenvalue weighted by atomic mass is 10.3. The number of alkyl halides is 2. The van der Waals surface area contributed by atoms with Crippen LogP contribution in [0, 0.1) is 0 Å². The van der Waals surface area contributed by atoms with Crippen molar-refractivity contribution in [2.45, 2.75) is 20.0 Å². The van der Waals surface area contributed by atoms with E-state index >= 15 is 0 Å². The number of esters is 1. The van der Waals surface area contributed by atoms with E-state index in [1.165, 1.54) is 18.0 Å². The van der Waals surface area contributed by atoms with E-state index in [9.17, 15) is 18.4 Å². The maximum Gasteiger partial charge on any atom is 0.360 e. The van der Waals surface area contributed by atoms with Gasteiger partial charge in [-0.2, -0.15) is 19.0 Å². The Morgan fingerprint density at radius 3 is 2.68 bits per heavy atom. The van der Waals surface area contributed by atoms with Crippen molar-refractivity contribution >= 4 is 17.6 Å². The number of methoxy groups -OCH3 is 1. The molecule has 0 bridgehead atoms. The van der Waals surface area contributed by atoms with Crippen LogP contribution >= 0.6 is 0 Å². The zero-order valence-corrected chi connectivity index (χ0v) is 11.8. The number of ether oxygens (including phenoxy) is 1. The molecule has 0 atom stereocenters. The molecular weight excluding hydrogens is 300 g/mol. The maximum absolute atomic E-state index is 12.4. The summed E-state index contributed by atoms with van der Waals surface area (Å²) < 4.78 is 31.2. The zero-order valence-electron chi connectivity index (χ0n) is 11.8. The van der Waals surface area contributed by atoms with E-state index in [-0.39, 0.29) is 17.1 Å². The Hall–Kier alpha value is -2.78. The highest BCUT2D eigenvalue weighted by molar-refractivity contribution is 6.06. The number of carbonyl (C=O) groups excluding carboxylic acids is 2. The van der Waals surface area contributed by atoms with Gasteiger partial charge in [0.2, 0.25) is 0 Å². The standard InChI is InChI=1S/C12H13F2N5O3/c1-3-18-6-8(9(17-18)11(21)22-2)15-10(20)7-4-5-19(16-7)12(13)14/h4-6,12H,3H2,1-2H3,(H,15,20). The van der Waals surface area contributed by atoms with Crippen molar-refractivity contribution in [3.63, 3.8) is 0 Å². The molecule has 1 N–H and O–H groups in total. The second kappa shape index (κ2) is 6.33. The lowest BCUT2D eigenvalue weighted by Gasteiger charge is -2.02. The second-order valence-electron chi connectivity index (χ2n) is 4.15. The Labute approximate surface area is 123 Å². The average molecular weight is 313 g/mol. The summed E-state index contributed by atoms with van der Waals surface area (Å²) in [4.78, 5) is 23.6. The number of hydrogen-bond acceptors (Lipinski definition) is 5. The first-order valence-corrected chi connectivity index (χ1v) is 6.26. The maximum atomic E-state index is 12.4. The summed E-state index contributed by atoms with van der Waals surface area (Å²) >= 11 is 0. The minimum atomic E-state index is -2.84. The molecule has 0 saturated heterocycles. The molecule has 2 rings (SSSR count). The van der Waals surface area contributed by atoms with Crippen molar-refractivity contribution < 1.29 is 23.1 Å². The lowest BCUT2D eigenvalue weighted by Crippen LogP contribution is -2.16. The first-order chi connectivity index (χ1) is 10.5. The number of hydrogen-bond donors (Lipinski definition) is 1. The summed E-state index contributed by atoms with van der Waals surface area (Å²) in [7, 11) is 1.18. The summed E-state index contributed by atoms with van der Waals surface area (Å²) in [6.45, 7) is -0.570. The van der Waals surface area contributed by atoms with Crippen molar-refractivity contribution in [2.75, 3.05) is 12.4 Å². The smallest absolute Gasteiger partial charge is 0.360 e. The summed E-state index contributed by atoms with van der Waals surface area (Å²) in [5, 5.41) is 9.81. The summed E-state index contributed by atoms with van der Waals surface area (Å²) in [6.07, 6.45) is 2.42. The second-order valence-corrected chi connectivity index (χ2v) is 4.15. The Kier molecular flexibility index (Phi) is 4.49. The van der Waals surface area contributed by atoms with Gasteiger partial charge in [-0.1, -0.05) is 0 Å². The Balaban J connectivity index is 2.23. The normalized spacial score (nSPS) is 10.8. The van der Waals surface area contributed by atoms with Gasteiger partial charge in [0.15, 0.2) is 11.4 Å². The molecule has 0 aliphatic carbocycles. The molecule has 118 valence electrons. The van der Waals surface area contributed by atoms with Crippen molar-refractivity contribution in [3.05, 3.63) is 29.8 Å². The monoisotopic (exact) mass is 313 g/mol. The van der Waals surface area contributed by atoms with Gasteiger partial charge in [-0.3, -0.25) is 9.48 Å². The van der Waals surface area contributed by atoms with Gasteiger partial charge in [0.05, 0.1) is 12.8 Å². The number of amides is 1. The van der Waals surface area contributed by atoms with Crippen LogP contribution in [0.5, 0.6) is 0 Å². The molecule has 1 amide bonds. The molecule has 0 saturated carbocycles. The van der Waals surface area contributed by atoms with E-state index in [1.807, 2.05) is 0 Å². The molecule has 22 heavy (non-hydrogen) atoms. The third-order valence-corrected chi connectivity index (χ3v) is 2.75. The quantitative estimate of drug-likeness (QED) is 0.845. The van der Waals surface area contributed by atoms with Crippen molar-refractivity contribution in [1.82, 2.24) is 19.6 Å². The summed E-state index contributed by atoms with van der Waals surface area (Å²) in [5.41, 5.74) is -0.170. The highest BCUT2D eigenvalue weighted by Crippen LogP contribution is 2.16. The highest BCUT2D eigenvalue weighted by atomic mass is 19.3. The summed E-state index contributed by atoms with van der Waals surface area (Å²) in [6, 6.07) is 1.14. The third-order valence-electron chi connectivity index (χ3n) is 2.75. The molecule has 0 aliphatic heterocycles. The first-order valence-electron chi connectivity index (χ1n) is 6.26. The number of aromatic nitrogens is 4. The Bertz CT molecular complexity index is 695. The fourth-order valence-electron chi connectivity index (χ4n) is 1.68. The molecule has 0 fully saturated rings. The van der Waals surface area contributed by atoms with Gasteiger partial charge in [0, 0.05) is 18.9 Å². The molecule has 8 nitrogen and oxygen atoms in total. The van der Waals surface area contributed by atoms with Crippen LogP contribution in [0.15, 0.2) is 18.5 Å². The van der Waals surface area contributed by atoms with Gasteiger partial charge in [-0.05, 0) is 13.0 Å². The molecule has 10 heteroatoms. The lowest BCUT2D eigenvalue weighted by molar-refractivity contribution is 0.0560. The van der Waals surface area contributed by atoms with E-state index in [1.54, 1.807) is 6.92 Å². The number of nitrogens with zero attached hydrogens (tertiary/aromatic N) is 4. The van der Waals surface area contributed by atoms with Crippen molar-refractivity contribution in [3.8, 4) is 0 Å². The largest absolute Gasteiger partial charge is 0.464 e. The van der Waals surface area contributed by atoms with Gasteiger partial charge in [0.1, 0.15) is 0 Å². The van der Waals surface area contributed by atoms with Gasteiger partial charge < -0.3 is 10.1 Å². The van der Waals surface area contributed by atoms with Crippen LogP contribution < -0.4 is 5.32 Å². The highest BCUT2D eigenvalue weighted by Gasteiger charge is 2.21. The van der Waals surface area contributed by atoms with Gasteiger partial charge >= 0.3 is 12.5 Å². The van der Waals surface area contributed by atoms with Gasteiger partial charge in [0.25, 0.3) is 5.91 Å². The van der Waals surface area contributed by atoms with Crippen LogP contribution in [0.4, 0.5) is 14.5 Å². The van der Waals surface area contributed by atoms with Crippen LogP contribution in [0.3, 0.4) is 0 Å². The van der Waals surface area contributed by atoms with E-state index < -0.39 is 18.4 Å². The van der Waals surface area contributed by atoms with E-state index in [0.29, 0.717) is 11.2 Å². The summed E-state index contributed by atoms with van der Waals surface area (Å²) in [5.74, 6) is -1.46. The SMILES string of the molecule is CCn1cc(NC(=O)c2ccn(C(F)F)n2)c(C(=O)OC)n1. The van der Waals surface area contributed by atoms with Crippen LogP contribution in [0.2, 0.25) is 0 Å². The van der Waals surface area contributed by atoms with Crippen molar-refractivity contribution in [1.29, 1.82) is 0 Å². The fourth-order valence-corrected chi connectivity index (χ4v) is 1.68. The number of halogens is 2. The predicted octanol–water partition coefficient (Wildman–Crippen LogP) is 1.53. The predicted molar refractivity (Wildman–Crippen MR) is 70.7 cm³/mol. The van der Waals surface area contributed by atoms with Crippen LogP contribution in [0.1, 0.15) is 34.5 Å². The molecule has 0 unspecified atom stereocenters. The Morgan fingerprint density at radius 1 is 1.41 bits per heavy atom. The molecule has 0 spiro atoms.